The Morgan fingerprint density at radius 3 is 2.41 bits per heavy atom. The van der Waals surface area contributed by atoms with Crippen LogP contribution in [-0.4, -0.2) is 46.8 Å². The first-order valence-corrected chi connectivity index (χ1v) is 16.1. The standard InChI is InChI=1S/C34H27ClIN3O7/c1-46-25-13-16(12-24(36)28(25)40)27-20-10-11-21-26(31(43)39(29(21)41)33(37)45)22(20)15-23-30(42)38(19-9-5-8-18(35)14-19)32(44)34(23,27)17-6-3-2-4-7-17/h2-10,12-14,21-23,26-27,40H,11,15H2,1H3,(H2,37,45). The first kappa shape index (κ1) is 30.4. The number of likely N-dealkylation sites (tertiary alicyclic amines) is 1. The number of fused-ring (bicyclic) bond motifs is 4. The van der Waals surface area contributed by atoms with Gasteiger partial charge in [-0.2, -0.15) is 4.90 Å². The number of phenols is 1. The van der Waals surface area contributed by atoms with Crippen molar-refractivity contribution in [1.29, 1.82) is 0 Å². The third kappa shape index (κ3) is 4.10. The SMILES string of the molecule is COc1cc(C2C3=CCC4C(=O)N(C(N)=O)C(=O)C4C3CC3C(=O)N(c4cccc(Cl)c4)C(=O)C32c2ccccc2)cc(I)c1O. The van der Waals surface area contributed by atoms with Gasteiger partial charge in [-0.3, -0.25) is 19.2 Å². The fourth-order valence-electron chi connectivity index (χ4n) is 8.25. The largest absolute Gasteiger partial charge is 0.504 e. The predicted octanol–water partition coefficient (Wildman–Crippen LogP) is 4.90. The van der Waals surface area contributed by atoms with Crippen LogP contribution in [0.5, 0.6) is 11.5 Å². The molecule has 1 saturated carbocycles. The van der Waals surface area contributed by atoms with E-state index in [1.54, 1.807) is 48.5 Å². The molecule has 3 N–H and O–H groups in total. The molecule has 0 radical (unpaired) electrons. The van der Waals surface area contributed by atoms with Crippen molar-refractivity contribution in [1.82, 2.24) is 4.90 Å². The number of phenolic OH excluding ortho intramolecular Hbond substituents is 1. The smallest absolute Gasteiger partial charge is 0.328 e. The quantitative estimate of drug-likeness (QED) is 0.219. The number of aromatic hydroxyl groups is 1. The van der Waals surface area contributed by atoms with E-state index >= 15 is 4.79 Å². The van der Waals surface area contributed by atoms with Crippen molar-refractivity contribution in [3.05, 3.63) is 98.1 Å². The van der Waals surface area contributed by atoms with E-state index in [4.69, 9.17) is 22.1 Å². The number of hydrogen-bond acceptors (Lipinski definition) is 7. The summed E-state index contributed by atoms with van der Waals surface area (Å²) in [4.78, 5) is 70.8. The molecule has 0 spiro atoms. The summed E-state index contributed by atoms with van der Waals surface area (Å²) in [5.41, 5.74) is 6.18. The fourth-order valence-corrected chi connectivity index (χ4v) is 9.06. The van der Waals surface area contributed by atoms with Crippen molar-refractivity contribution in [3.63, 3.8) is 0 Å². The van der Waals surface area contributed by atoms with Gasteiger partial charge in [-0.25, -0.2) is 9.69 Å². The number of rotatable bonds is 4. The molecule has 2 aliphatic carbocycles. The Bertz CT molecular complexity index is 1900. The molecule has 0 bridgehead atoms. The Hall–Kier alpha value is -4.23. The van der Waals surface area contributed by atoms with E-state index in [1.165, 1.54) is 12.0 Å². The topological polar surface area (TPSA) is 147 Å². The number of urea groups is 1. The molecule has 12 heteroatoms. The molecule has 46 heavy (non-hydrogen) atoms. The van der Waals surface area contributed by atoms with Gasteiger partial charge >= 0.3 is 6.03 Å². The zero-order valence-electron chi connectivity index (χ0n) is 24.4. The Labute approximate surface area is 282 Å². The number of halogens is 2. The fraction of sp³-hybridized carbons (Fsp3) is 0.265. The molecule has 3 aromatic carbocycles. The number of ether oxygens (including phenoxy) is 1. The molecule has 6 atom stereocenters. The predicted molar refractivity (Wildman–Crippen MR) is 175 cm³/mol. The first-order valence-electron chi connectivity index (χ1n) is 14.6. The molecule has 7 rings (SSSR count). The Kier molecular flexibility index (Phi) is 7.24. The average Bonchev–Trinajstić information content (AvgIpc) is 3.43. The number of hydrogen-bond donors (Lipinski definition) is 2. The molecule has 10 nitrogen and oxygen atoms in total. The second kappa shape index (κ2) is 10.9. The highest BCUT2D eigenvalue weighted by Crippen LogP contribution is 2.65. The number of amides is 6. The van der Waals surface area contributed by atoms with Crippen LogP contribution >= 0.6 is 34.2 Å². The number of imide groups is 4. The van der Waals surface area contributed by atoms with Crippen LogP contribution in [0.3, 0.4) is 0 Å². The summed E-state index contributed by atoms with van der Waals surface area (Å²) in [5, 5.41) is 11.1. The summed E-state index contributed by atoms with van der Waals surface area (Å²) in [5.74, 6) is -6.44. The number of nitrogens with two attached hydrogens (primary N) is 1. The summed E-state index contributed by atoms with van der Waals surface area (Å²) in [7, 11) is 1.42. The third-order valence-corrected chi connectivity index (χ3v) is 11.0. The van der Waals surface area contributed by atoms with Crippen LogP contribution in [0.2, 0.25) is 5.02 Å². The van der Waals surface area contributed by atoms with Gasteiger partial charge in [-0.15, -0.1) is 0 Å². The second-order valence-corrected chi connectivity index (χ2v) is 13.6. The molecular formula is C34H27ClIN3O7. The molecule has 3 fully saturated rings. The lowest BCUT2D eigenvalue weighted by Gasteiger charge is -2.50. The van der Waals surface area contributed by atoms with Crippen LogP contribution in [0.25, 0.3) is 0 Å². The molecule has 3 aromatic rings. The summed E-state index contributed by atoms with van der Waals surface area (Å²) in [6.45, 7) is 0. The number of primary amides is 1. The van der Waals surface area contributed by atoms with Crippen LogP contribution in [0, 0.1) is 27.2 Å². The molecule has 4 aliphatic rings. The van der Waals surface area contributed by atoms with Gasteiger partial charge in [0, 0.05) is 10.9 Å². The molecule has 6 unspecified atom stereocenters. The lowest BCUT2D eigenvalue weighted by Crippen LogP contribution is -2.53. The van der Waals surface area contributed by atoms with E-state index in [-0.39, 0.29) is 24.3 Å². The van der Waals surface area contributed by atoms with E-state index in [2.05, 4.69) is 0 Å². The Morgan fingerprint density at radius 2 is 1.74 bits per heavy atom. The van der Waals surface area contributed by atoms with E-state index in [1.807, 2.05) is 46.9 Å². The minimum Gasteiger partial charge on any atom is -0.504 e. The summed E-state index contributed by atoms with van der Waals surface area (Å²) in [6, 6.07) is 17.8. The summed E-state index contributed by atoms with van der Waals surface area (Å²) in [6.07, 6.45) is 2.08. The molecule has 2 aliphatic heterocycles. The molecule has 0 aromatic heterocycles. The lowest BCUT2D eigenvalue weighted by molar-refractivity contribution is -0.136. The second-order valence-electron chi connectivity index (χ2n) is 12.0. The number of carbonyl (C=O) groups is 5. The molecule has 2 saturated heterocycles. The van der Waals surface area contributed by atoms with E-state index in [0.717, 1.165) is 0 Å². The van der Waals surface area contributed by atoms with Crippen LogP contribution in [0.15, 0.2) is 78.4 Å². The van der Waals surface area contributed by atoms with Gasteiger partial charge in [-0.1, -0.05) is 59.6 Å². The van der Waals surface area contributed by atoms with Gasteiger partial charge in [0.2, 0.25) is 23.6 Å². The normalized spacial score (nSPS) is 28.5. The lowest BCUT2D eigenvalue weighted by atomic mass is 9.49. The van der Waals surface area contributed by atoms with Crippen molar-refractivity contribution >= 4 is 69.5 Å². The van der Waals surface area contributed by atoms with Crippen LogP contribution < -0.4 is 15.4 Å². The van der Waals surface area contributed by atoms with Gasteiger partial charge < -0.3 is 15.6 Å². The summed E-state index contributed by atoms with van der Waals surface area (Å²) >= 11 is 8.32. The van der Waals surface area contributed by atoms with Gasteiger partial charge in [-0.05, 0) is 82.8 Å². The van der Waals surface area contributed by atoms with Crippen molar-refractivity contribution in [2.75, 3.05) is 12.0 Å². The molecule has 6 amide bonds. The maximum atomic E-state index is 15.2. The van der Waals surface area contributed by atoms with Gasteiger partial charge in [0.1, 0.15) is 0 Å². The van der Waals surface area contributed by atoms with Gasteiger partial charge in [0.25, 0.3) is 0 Å². The highest BCUT2D eigenvalue weighted by atomic mass is 127. The van der Waals surface area contributed by atoms with Crippen LogP contribution in [0.1, 0.15) is 29.9 Å². The van der Waals surface area contributed by atoms with E-state index in [0.29, 0.717) is 35.9 Å². The van der Waals surface area contributed by atoms with Gasteiger partial charge in [0.05, 0.1) is 39.5 Å². The zero-order chi connectivity index (χ0) is 32.7. The van der Waals surface area contributed by atoms with Crippen molar-refractivity contribution in [2.45, 2.75) is 24.2 Å². The van der Waals surface area contributed by atoms with E-state index < -0.39 is 64.7 Å². The third-order valence-electron chi connectivity index (χ3n) is 9.99. The number of carbonyl (C=O) groups excluding carboxylic acids is 5. The maximum Gasteiger partial charge on any atom is 0.328 e. The van der Waals surface area contributed by atoms with Crippen molar-refractivity contribution < 1.29 is 33.8 Å². The monoisotopic (exact) mass is 751 g/mol. The molecule has 234 valence electrons. The van der Waals surface area contributed by atoms with Crippen molar-refractivity contribution in [2.24, 2.45) is 29.4 Å². The molecular weight excluding hydrogens is 725 g/mol. The zero-order valence-corrected chi connectivity index (χ0v) is 27.3. The maximum absolute atomic E-state index is 15.2. The van der Waals surface area contributed by atoms with Crippen LogP contribution in [0.4, 0.5) is 10.5 Å². The number of anilines is 1. The van der Waals surface area contributed by atoms with Gasteiger partial charge in [0.15, 0.2) is 11.5 Å². The van der Waals surface area contributed by atoms with Crippen molar-refractivity contribution in [3.8, 4) is 11.5 Å². The van der Waals surface area contributed by atoms with E-state index in [9.17, 15) is 24.3 Å². The Morgan fingerprint density at radius 1 is 1.00 bits per heavy atom. The molecule has 2 heterocycles. The highest BCUT2D eigenvalue weighted by Gasteiger charge is 2.70. The highest BCUT2D eigenvalue weighted by molar-refractivity contribution is 14.1. The Balaban J connectivity index is 1.53. The number of allylic oxidation sites excluding steroid dienone is 2. The van der Waals surface area contributed by atoms with Crippen LogP contribution in [-0.2, 0) is 24.6 Å². The average molecular weight is 752 g/mol. The number of benzene rings is 3. The minimum atomic E-state index is -1.49. The first-order chi connectivity index (χ1) is 22.0. The minimum absolute atomic E-state index is 0.0674. The summed E-state index contributed by atoms with van der Waals surface area (Å²) < 4.78 is 5.98. The number of methoxy groups -OCH3 is 1. The number of nitrogens with zero attached hydrogens (tertiary/aromatic N) is 2.